The van der Waals surface area contributed by atoms with Gasteiger partial charge < -0.3 is 15.3 Å². The number of hydrogen-bond donors (Lipinski definition) is 2. The van der Waals surface area contributed by atoms with Crippen molar-refractivity contribution in [2.24, 2.45) is 5.92 Å². The quantitative estimate of drug-likeness (QED) is 0.642. The van der Waals surface area contributed by atoms with Crippen LogP contribution in [0.25, 0.3) is 0 Å². The monoisotopic (exact) mass is 216 g/mol. The first-order valence-electron chi connectivity index (χ1n) is 6.05. The van der Waals surface area contributed by atoms with E-state index in [9.17, 15) is 5.11 Å². The molecule has 0 bridgehead atoms. The van der Waals surface area contributed by atoms with Gasteiger partial charge in [0.05, 0.1) is 6.61 Å². The highest BCUT2D eigenvalue weighted by molar-refractivity contribution is 4.72. The van der Waals surface area contributed by atoms with Crippen molar-refractivity contribution in [2.45, 2.75) is 46.2 Å². The van der Waals surface area contributed by atoms with Crippen LogP contribution in [0.5, 0.6) is 0 Å². The first-order valence-corrected chi connectivity index (χ1v) is 6.05. The molecule has 0 fully saturated rings. The van der Waals surface area contributed by atoms with Gasteiger partial charge in [0.1, 0.15) is 0 Å². The van der Waals surface area contributed by atoms with Crippen LogP contribution in [0.3, 0.4) is 0 Å². The average molecular weight is 216 g/mol. The molecule has 0 saturated carbocycles. The zero-order chi connectivity index (χ0) is 11.8. The first kappa shape index (κ1) is 14.9. The van der Waals surface area contributed by atoms with E-state index in [2.05, 4.69) is 45.0 Å². The van der Waals surface area contributed by atoms with Crippen LogP contribution in [0.15, 0.2) is 0 Å². The topological polar surface area (TPSA) is 35.5 Å². The third kappa shape index (κ3) is 7.77. The first-order chi connectivity index (χ1) is 6.99. The number of nitrogens with one attached hydrogen (secondary N) is 1. The van der Waals surface area contributed by atoms with Gasteiger partial charge in [0.2, 0.25) is 0 Å². The second kappa shape index (κ2) is 8.08. The maximum Gasteiger partial charge on any atom is 0.0597 e. The molecular formula is C12H28N2O. The Morgan fingerprint density at radius 2 is 1.80 bits per heavy atom. The molecule has 0 spiro atoms. The summed E-state index contributed by atoms with van der Waals surface area (Å²) in [7, 11) is 2.12. The van der Waals surface area contributed by atoms with Crippen molar-refractivity contribution in [3.8, 4) is 0 Å². The highest BCUT2D eigenvalue weighted by Gasteiger charge is 2.12. The van der Waals surface area contributed by atoms with E-state index < -0.39 is 0 Å². The number of hydrogen-bond acceptors (Lipinski definition) is 3. The van der Waals surface area contributed by atoms with Crippen LogP contribution in [0, 0.1) is 5.92 Å². The number of aliphatic hydroxyl groups excluding tert-OH is 1. The normalized spacial score (nSPS) is 16.0. The Morgan fingerprint density at radius 1 is 1.20 bits per heavy atom. The molecule has 0 aromatic rings. The molecule has 2 N–H and O–H groups in total. The van der Waals surface area contributed by atoms with E-state index in [0.29, 0.717) is 6.04 Å². The van der Waals surface area contributed by atoms with Gasteiger partial charge in [0.15, 0.2) is 0 Å². The molecule has 2 atom stereocenters. The summed E-state index contributed by atoms with van der Waals surface area (Å²) in [6.07, 6.45) is 1.21. The Morgan fingerprint density at radius 3 is 2.20 bits per heavy atom. The number of likely N-dealkylation sites (N-methyl/N-ethyl adjacent to an activating group) is 1. The van der Waals surface area contributed by atoms with Gasteiger partial charge in [0, 0.05) is 25.2 Å². The van der Waals surface area contributed by atoms with Crippen molar-refractivity contribution < 1.29 is 5.11 Å². The molecule has 0 radical (unpaired) electrons. The van der Waals surface area contributed by atoms with Gasteiger partial charge in [-0.1, -0.05) is 34.1 Å². The van der Waals surface area contributed by atoms with Crippen LogP contribution in [0.2, 0.25) is 0 Å². The molecule has 15 heavy (non-hydrogen) atoms. The molecule has 0 aliphatic heterocycles. The molecule has 0 aliphatic carbocycles. The number of aliphatic hydroxyl groups is 1. The molecule has 2 unspecified atom stereocenters. The Kier molecular flexibility index (Phi) is 8.02. The second-order valence-electron chi connectivity index (χ2n) is 4.94. The van der Waals surface area contributed by atoms with E-state index in [1.165, 1.54) is 6.42 Å². The summed E-state index contributed by atoms with van der Waals surface area (Å²) < 4.78 is 0. The van der Waals surface area contributed by atoms with Crippen molar-refractivity contribution in [1.82, 2.24) is 10.2 Å². The molecule has 0 saturated heterocycles. The van der Waals surface area contributed by atoms with Crippen molar-refractivity contribution in [1.29, 1.82) is 0 Å². The molecule has 0 aromatic carbocycles. The van der Waals surface area contributed by atoms with E-state index in [4.69, 9.17) is 0 Å². The fourth-order valence-corrected chi connectivity index (χ4v) is 1.75. The van der Waals surface area contributed by atoms with Gasteiger partial charge in [-0.3, -0.25) is 0 Å². The van der Waals surface area contributed by atoms with Crippen molar-refractivity contribution in [3.05, 3.63) is 0 Å². The van der Waals surface area contributed by atoms with Crippen LogP contribution in [-0.4, -0.2) is 48.8 Å². The zero-order valence-corrected chi connectivity index (χ0v) is 11.0. The minimum atomic E-state index is 0.194. The molecule has 0 amide bonds. The summed E-state index contributed by atoms with van der Waals surface area (Å²) in [5.41, 5.74) is 0. The van der Waals surface area contributed by atoms with Crippen LogP contribution >= 0.6 is 0 Å². The van der Waals surface area contributed by atoms with Gasteiger partial charge in [-0.05, 0) is 13.0 Å². The molecule has 3 nitrogen and oxygen atoms in total. The lowest BCUT2D eigenvalue weighted by Gasteiger charge is -2.27. The number of rotatable bonds is 8. The predicted octanol–water partition coefficient (Wildman–Crippen LogP) is 1.32. The summed E-state index contributed by atoms with van der Waals surface area (Å²) in [5.74, 6) is 0.730. The maximum atomic E-state index is 9.23. The Hall–Kier alpha value is -0.120. The van der Waals surface area contributed by atoms with Crippen LogP contribution in [0.4, 0.5) is 0 Å². The summed E-state index contributed by atoms with van der Waals surface area (Å²) in [4.78, 5) is 2.30. The molecule has 0 heterocycles. The smallest absolute Gasteiger partial charge is 0.0597 e. The van der Waals surface area contributed by atoms with E-state index in [0.717, 1.165) is 19.0 Å². The molecule has 92 valence electrons. The lowest BCUT2D eigenvalue weighted by molar-refractivity contribution is 0.181. The van der Waals surface area contributed by atoms with Gasteiger partial charge in [-0.2, -0.15) is 0 Å². The third-order valence-electron chi connectivity index (χ3n) is 2.64. The molecule has 0 aliphatic rings. The highest BCUT2D eigenvalue weighted by atomic mass is 16.3. The lowest BCUT2D eigenvalue weighted by atomic mass is 10.1. The third-order valence-corrected chi connectivity index (χ3v) is 2.64. The molecule has 0 rings (SSSR count). The van der Waals surface area contributed by atoms with Crippen molar-refractivity contribution in [3.63, 3.8) is 0 Å². The molecule has 0 aromatic heterocycles. The summed E-state index contributed by atoms with van der Waals surface area (Å²) >= 11 is 0. The van der Waals surface area contributed by atoms with Crippen LogP contribution in [0.1, 0.15) is 34.1 Å². The number of nitrogens with zero attached hydrogens (tertiary/aromatic N) is 1. The fraction of sp³-hybridized carbons (Fsp3) is 1.00. The van der Waals surface area contributed by atoms with Crippen LogP contribution in [-0.2, 0) is 0 Å². The minimum absolute atomic E-state index is 0.194. The van der Waals surface area contributed by atoms with E-state index in [-0.39, 0.29) is 12.6 Å². The highest BCUT2D eigenvalue weighted by Crippen LogP contribution is 2.03. The predicted molar refractivity (Wildman–Crippen MR) is 66.1 cm³/mol. The van der Waals surface area contributed by atoms with Gasteiger partial charge in [0.25, 0.3) is 0 Å². The molecule has 3 heteroatoms. The SMILES string of the molecule is CCC(C)CN(C)CC(CO)NC(C)C. The van der Waals surface area contributed by atoms with E-state index >= 15 is 0 Å². The zero-order valence-electron chi connectivity index (χ0n) is 11.0. The van der Waals surface area contributed by atoms with E-state index in [1.54, 1.807) is 0 Å². The summed E-state index contributed by atoms with van der Waals surface area (Å²) in [6, 6.07) is 0.623. The van der Waals surface area contributed by atoms with E-state index in [1.807, 2.05) is 0 Å². The fourth-order valence-electron chi connectivity index (χ4n) is 1.75. The Labute approximate surface area is 94.9 Å². The van der Waals surface area contributed by atoms with Crippen LogP contribution < -0.4 is 5.32 Å². The molecular weight excluding hydrogens is 188 g/mol. The average Bonchev–Trinajstić information content (AvgIpc) is 2.15. The minimum Gasteiger partial charge on any atom is -0.395 e. The van der Waals surface area contributed by atoms with Gasteiger partial charge in [-0.25, -0.2) is 0 Å². The second-order valence-corrected chi connectivity index (χ2v) is 4.94. The Balaban J connectivity index is 3.84. The summed E-state index contributed by atoms with van der Waals surface area (Å²) in [5, 5.41) is 12.6. The summed E-state index contributed by atoms with van der Waals surface area (Å²) in [6.45, 7) is 10.9. The van der Waals surface area contributed by atoms with Crippen molar-refractivity contribution >= 4 is 0 Å². The Bertz CT molecular complexity index is 151. The lowest BCUT2D eigenvalue weighted by Crippen LogP contribution is -2.45. The van der Waals surface area contributed by atoms with Crippen molar-refractivity contribution in [2.75, 3.05) is 26.7 Å². The largest absolute Gasteiger partial charge is 0.395 e. The maximum absolute atomic E-state index is 9.23. The van der Waals surface area contributed by atoms with Gasteiger partial charge in [-0.15, -0.1) is 0 Å². The standard InChI is InChI=1S/C12H28N2O/c1-6-11(4)7-14(5)8-12(9-15)13-10(2)3/h10-13,15H,6-9H2,1-5H3. The van der Waals surface area contributed by atoms with Gasteiger partial charge >= 0.3 is 0 Å².